The second-order valence-corrected chi connectivity index (χ2v) is 9.46. The van der Waals surface area contributed by atoms with E-state index in [1.165, 1.54) is 24.3 Å². The zero-order valence-corrected chi connectivity index (χ0v) is 22.2. The maximum Gasteiger partial charge on any atom is 0.573 e. The summed E-state index contributed by atoms with van der Waals surface area (Å²) < 4.78 is 49.5. The van der Waals surface area contributed by atoms with Crippen LogP contribution in [0.2, 0.25) is 0 Å². The molecule has 0 aliphatic carbocycles. The molecule has 0 aliphatic rings. The lowest BCUT2D eigenvalue weighted by molar-refractivity contribution is -0.274. The summed E-state index contributed by atoms with van der Waals surface area (Å²) in [5.41, 5.74) is 4.91. The lowest BCUT2D eigenvalue weighted by Crippen LogP contribution is -2.23. The van der Waals surface area contributed by atoms with Gasteiger partial charge in [0.2, 0.25) is 0 Å². The normalized spacial score (nSPS) is 12.1. The number of para-hydroxylation sites is 1. The third-order valence-electron chi connectivity index (χ3n) is 5.68. The molecule has 0 bridgehead atoms. The monoisotopic (exact) mass is 553 g/mol. The van der Waals surface area contributed by atoms with E-state index >= 15 is 0 Å². The predicted molar refractivity (Wildman–Crippen MR) is 151 cm³/mol. The van der Waals surface area contributed by atoms with Gasteiger partial charge in [-0.05, 0) is 59.0 Å². The minimum Gasteiger partial charge on any atom is -0.406 e. The standard InChI is InChI=1S/C28H26F3N5O2S/c1-18(2)22-6-4-5-7-24(22)33-27(37)35-39-32-17-20-10-14-23-25(34-36(3)26(23)16-20)15-11-19-8-12-21(13-9-19)38-28(29,30)31/h4-18H,1-3H3,(H2,33,35,37)/b15-11+,32-17?. The molecule has 2 N–H and O–H groups in total. The molecule has 7 nitrogen and oxygen atoms in total. The van der Waals surface area contributed by atoms with Gasteiger partial charge in [0, 0.05) is 24.3 Å². The van der Waals surface area contributed by atoms with Gasteiger partial charge >= 0.3 is 12.4 Å². The Morgan fingerprint density at radius 2 is 1.77 bits per heavy atom. The number of hydrogen-bond acceptors (Lipinski definition) is 5. The molecule has 0 atom stereocenters. The molecular formula is C28H26F3N5O2S. The second kappa shape index (κ2) is 12.1. The molecule has 4 rings (SSSR count). The van der Waals surface area contributed by atoms with Gasteiger partial charge in [-0.25, -0.2) is 9.19 Å². The van der Waals surface area contributed by atoms with Crippen LogP contribution in [0.25, 0.3) is 23.1 Å². The van der Waals surface area contributed by atoms with E-state index in [-0.39, 0.29) is 17.7 Å². The van der Waals surface area contributed by atoms with E-state index in [1.54, 1.807) is 23.0 Å². The third kappa shape index (κ3) is 7.64. The fourth-order valence-corrected chi connectivity index (χ4v) is 4.24. The fourth-order valence-electron chi connectivity index (χ4n) is 3.88. The second-order valence-electron chi connectivity index (χ2n) is 8.86. The summed E-state index contributed by atoms with van der Waals surface area (Å²) in [6.45, 7) is 4.13. The molecule has 0 unspecified atom stereocenters. The third-order valence-corrected chi connectivity index (χ3v) is 6.16. The minimum atomic E-state index is -4.72. The molecular weight excluding hydrogens is 527 g/mol. The van der Waals surface area contributed by atoms with E-state index in [9.17, 15) is 18.0 Å². The van der Waals surface area contributed by atoms with Crippen molar-refractivity contribution in [1.82, 2.24) is 14.5 Å². The first-order valence-electron chi connectivity index (χ1n) is 11.9. The molecule has 0 radical (unpaired) electrons. The van der Waals surface area contributed by atoms with Crippen LogP contribution in [0.3, 0.4) is 0 Å². The first kappa shape index (κ1) is 27.8. The van der Waals surface area contributed by atoms with Crippen molar-refractivity contribution in [3.8, 4) is 5.75 Å². The molecule has 4 aromatic rings. The van der Waals surface area contributed by atoms with Crippen molar-refractivity contribution in [3.05, 3.63) is 89.1 Å². The highest BCUT2D eigenvalue weighted by Crippen LogP contribution is 2.25. The first-order chi connectivity index (χ1) is 18.6. The lowest BCUT2D eigenvalue weighted by atomic mass is 10.0. The highest BCUT2D eigenvalue weighted by molar-refractivity contribution is 7.96. The number of aryl methyl sites for hydroxylation is 1. The quantitative estimate of drug-likeness (QED) is 0.174. The van der Waals surface area contributed by atoms with Crippen LogP contribution in [0.1, 0.15) is 42.1 Å². The zero-order chi connectivity index (χ0) is 28.0. The number of hydrogen-bond donors (Lipinski definition) is 2. The van der Waals surface area contributed by atoms with E-state index in [0.717, 1.165) is 39.9 Å². The SMILES string of the molecule is CC(C)c1ccccc1NC(=O)NSN=Cc1ccc2c(/C=C/c3ccc(OC(F)(F)F)cc3)nn(C)c2c1. The molecule has 0 fully saturated rings. The number of nitrogens with one attached hydrogen (secondary N) is 2. The van der Waals surface area contributed by atoms with Gasteiger partial charge in [0.15, 0.2) is 0 Å². The molecule has 0 spiro atoms. The van der Waals surface area contributed by atoms with Gasteiger partial charge in [-0.15, -0.1) is 13.2 Å². The number of halogens is 3. The summed E-state index contributed by atoms with van der Waals surface area (Å²) in [5, 5.41) is 8.28. The van der Waals surface area contributed by atoms with Crippen LogP contribution in [0, 0.1) is 0 Å². The summed E-state index contributed by atoms with van der Waals surface area (Å²) in [6, 6.07) is 18.6. The van der Waals surface area contributed by atoms with Gasteiger partial charge < -0.3 is 10.1 Å². The van der Waals surface area contributed by atoms with Gasteiger partial charge in [0.25, 0.3) is 0 Å². The number of aromatic nitrogens is 2. The molecule has 11 heteroatoms. The number of alkyl halides is 3. The van der Waals surface area contributed by atoms with Crippen LogP contribution in [-0.2, 0) is 7.05 Å². The van der Waals surface area contributed by atoms with Crippen molar-refractivity contribution < 1.29 is 22.7 Å². The van der Waals surface area contributed by atoms with E-state index in [1.807, 2.05) is 49.5 Å². The van der Waals surface area contributed by atoms with Gasteiger partial charge in [0.05, 0.1) is 23.3 Å². The summed E-state index contributed by atoms with van der Waals surface area (Å²) in [7, 11) is 1.82. The van der Waals surface area contributed by atoms with Crippen molar-refractivity contribution >= 4 is 53.1 Å². The van der Waals surface area contributed by atoms with Crippen LogP contribution >= 0.6 is 12.1 Å². The molecule has 2 amide bonds. The lowest BCUT2D eigenvalue weighted by Gasteiger charge is -2.13. The van der Waals surface area contributed by atoms with E-state index in [0.29, 0.717) is 11.3 Å². The summed E-state index contributed by atoms with van der Waals surface area (Å²) >= 11 is 0.917. The molecule has 0 aliphatic heterocycles. The van der Waals surface area contributed by atoms with Crippen LogP contribution in [-0.4, -0.2) is 28.4 Å². The number of fused-ring (bicyclic) bond motifs is 1. The molecule has 3 aromatic carbocycles. The van der Waals surface area contributed by atoms with Crippen LogP contribution in [0.5, 0.6) is 5.75 Å². The Bertz CT molecular complexity index is 1510. The number of rotatable bonds is 8. The highest BCUT2D eigenvalue weighted by atomic mass is 32.2. The summed E-state index contributed by atoms with van der Waals surface area (Å²) in [6.07, 6.45) is 0.476. The van der Waals surface area contributed by atoms with Crippen molar-refractivity contribution in [2.75, 3.05) is 5.32 Å². The molecule has 1 heterocycles. The highest BCUT2D eigenvalue weighted by Gasteiger charge is 2.30. The summed E-state index contributed by atoms with van der Waals surface area (Å²) in [5.74, 6) is 0.000896. The Labute approximate surface area is 228 Å². The van der Waals surface area contributed by atoms with Crippen molar-refractivity contribution in [3.63, 3.8) is 0 Å². The van der Waals surface area contributed by atoms with E-state index in [4.69, 9.17) is 0 Å². The maximum atomic E-state index is 12.3. The smallest absolute Gasteiger partial charge is 0.406 e. The maximum absolute atomic E-state index is 12.3. The van der Waals surface area contributed by atoms with Crippen LogP contribution in [0.15, 0.2) is 71.1 Å². The number of urea groups is 1. The predicted octanol–water partition coefficient (Wildman–Crippen LogP) is 7.57. The molecule has 0 saturated heterocycles. The zero-order valence-electron chi connectivity index (χ0n) is 21.4. The number of amides is 2. The number of benzene rings is 3. The molecule has 39 heavy (non-hydrogen) atoms. The average molecular weight is 554 g/mol. The molecule has 0 saturated carbocycles. The Balaban J connectivity index is 1.37. The average Bonchev–Trinajstić information content (AvgIpc) is 3.20. The Kier molecular flexibility index (Phi) is 8.60. The minimum absolute atomic E-state index is 0.275. The number of carbonyl (C=O) groups is 1. The first-order valence-corrected chi connectivity index (χ1v) is 12.7. The molecule has 1 aromatic heterocycles. The van der Waals surface area contributed by atoms with Gasteiger partial charge in [-0.2, -0.15) is 5.10 Å². The Hall–Kier alpha value is -4.25. The number of carbonyl (C=O) groups excluding carboxylic acids is 1. The van der Waals surface area contributed by atoms with Crippen molar-refractivity contribution in [2.24, 2.45) is 11.4 Å². The number of anilines is 1. The fraction of sp³-hybridized carbons (Fsp3) is 0.179. The topological polar surface area (TPSA) is 80.5 Å². The largest absolute Gasteiger partial charge is 0.573 e. The molecule has 202 valence electrons. The van der Waals surface area contributed by atoms with Crippen LogP contribution in [0.4, 0.5) is 23.7 Å². The number of ether oxygens (including phenoxy) is 1. The van der Waals surface area contributed by atoms with Crippen molar-refractivity contribution in [2.45, 2.75) is 26.1 Å². The van der Waals surface area contributed by atoms with Gasteiger partial charge in [-0.3, -0.25) is 9.40 Å². The van der Waals surface area contributed by atoms with Crippen LogP contribution < -0.4 is 14.8 Å². The van der Waals surface area contributed by atoms with Crippen molar-refractivity contribution in [1.29, 1.82) is 0 Å². The van der Waals surface area contributed by atoms with Gasteiger partial charge in [0.1, 0.15) is 5.75 Å². The Morgan fingerprint density at radius 1 is 1.05 bits per heavy atom. The van der Waals surface area contributed by atoms with E-state index in [2.05, 4.69) is 38.1 Å². The summed E-state index contributed by atoms with van der Waals surface area (Å²) in [4.78, 5) is 12.3. The van der Waals surface area contributed by atoms with E-state index < -0.39 is 6.36 Å². The van der Waals surface area contributed by atoms with Gasteiger partial charge in [-0.1, -0.05) is 56.3 Å². The Morgan fingerprint density at radius 3 is 2.49 bits per heavy atom. The number of nitrogens with zero attached hydrogens (tertiary/aromatic N) is 3.